The first kappa shape index (κ1) is 22.4. The minimum atomic E-state index is -4.67. The van der Waals surface area contributed by atoms with Gasteiger partial charge in [-0.2, -0.15) is 4.72 Å². The molecular formula is C15H19F2N3O6S. The Hall–Kier alpha value is -2.60. The van der Waals surface area contributed by atoms with Gasteiger partial charge in [-0.05, 0) is 32.9 Å². The minimum Gasteiger partial charge on any atom is -0.452 e. The SMILES string of the molecule is CC(C)NC(=O)NC(=O)[C@H](C)OC(=O)CNS(=O)(=O)c1c(F)cccc1F. The number of hydrogen-bond acceptors (Lipinski definition) is 6. The number of hydrogen-bond donors (Lipinski definition) is 3. The molecule has 150 valence electrons. The number of benzene rings is 1. The monoisotopic (exact) mass is 407 g/mol. The van der Waals surface area contributed by atoms with Gasteiger partial charge in [-0.15, -0.1) is 0 Å². The molecule has 0 heterocycles. The van der Waals surface area contributed by atoms with E-state index < -0.39 is 57.1 Å². The van der Waals surface area contributed by atoms with Crippen LogP contribution in [0.25, 0.3) is 0 Å². The van der Waals surface area contributed by atoms with E-state index in [4.69, 9.17) is 0 Å². The van der Waals surface area contributed by atoms with Crippen molar-refractivity contribution in [2.45, 2.75) is 37.8 Å². The van der Waals surface area contributed by atoms with Crippen molar-refractivity contribution in [3.63, 3.8) is 0 Å². The number of sulfonamides is 1. The molecule has 0 unspecified atom stereocenters. The molecule has 27 heavy (non-hydrogen) atoms. The molecule has 0 bridgehead atoms. The highest BCUT2D eigenvalue weighted by Gasteiger charge is 2.26. The van der Waals surface area contributed by atoms with Crippen LogP contribution in [0.15, 0.2) is 23.1 Å². The largest absolute Gasteiger partial charge is 0.452 e. The molecule has 0 aliphatic heterocycles. The predicted octanol–water partition coefficient (Wildman–Crippen LogP) is 0.409. The third kappa shape index (κ3) is 6.90. The van der Waals surface area contributed by atoms with Gasteiger partial charge in [0.15, 0.2) is 11.0 Å². The van der Waals surface area contributed by atoms with Gasteiger partial charge < -0.3 is 10.1 Å². The fourth-order valence-corrected chi connectivity index (χ4v) is 2.87. The summed E-state index contributed by atoms with van der Waals surface area (Å²) < 4.78 is 57.2. The van der Waals surface area contributed by atoms with Gasteiger partial charge in [-0.25, -0.2) is 22.0 Å². The van der Waals surface area contributed by atoms with Gasteiger partial charge in [0.1, 0.15) is 18.2 Å². The van der Waals surface area contributed by atoms with Gasteiger partial charge in [0.25, 0.3) is 5.91 Å². The number of urea groups is 1. The van der Waals surface area contributed by atoms with Crippen LogP contribution in [0.5, 0.6) is 0 Å². The van der Waals surface area contributed by atoms with Crippen molar-refractivity contribution in [1.29, 1.82) is 0 Å². The average molecular weight is 407 g/mol. The Morgan fingerprint density at radius 3 is 2.19 bits per heavy atom. The second-order valence-corrected chi connectivity index (χ2v) is 7.33. The zero-order valence-electron chi connectivity index (χ0n) is 14.7. The first-order valence-electron chi connectivity index (χ1n) is 7.68. The van der Waals surface area contributed by atoms with E-state index in [9.17, 15) is 31.6 Å². The van der Waals surface area contributed by atoms with Crippen molar-refractivity contribution in [3.05, 3.63) is 29.8 Å². The molecule has 12 heteroatoms. The maximum Gasteiger partial charge on any atom is 0.321 e. The van der Waals surface area contributed by atoms with Gasteiger partial charge in [-0.3, -0.25) is 14.9 Å². The Morgan fingerprint density at radius 1 is 1.11 bits per heavy atom. The summed E-state index contributed by atoms with van der Waals surface area (Å²) in [5, 5.41) is 4.31. The van der Waals surface area contributed by atoms with E-state index in [1.54, 1.807) is 18.6 Å². The molecule has 0 saturated carbocycles. The standard InChI is InChI=1S/C15H19F2N3O6S/c1-8(2)19-15(23)20-14(22)9(3)26-12(21)7-18-27(24,25)13-10(16)5-4-6-11(13)17/h4-6,8-9,18H,7H2,1-3H3,(H2,19,20,22,23)/t9-/m0/s1. The first-order valence-corrected chi connectivity index (χ1v) is 9.17. The molecule has 0 aromatic heterocycles. The molecule has 0 fully saturated rings. The molecule has 0 aliphatic carbocycles. The van der Waals surface area contributed by atoms with Crippen molar-refractivity contribution in [2.75, 3.05) is 6.54 Å². The van der Waals surface area contributed by atoms with Crippen LogP contribution >= 0.6 is 0 Å². The Bertz CT molecular complexity index is 809. The van der Waals surface area contributed by atoms with E-state index in [0.717, 1.165) is 25.1 Å². The van der Waals surface area contributed by atoms with E-state index in [1.165, 1.54) is 0 Å². The number of rotatable bonds is 7. The topological polar surface area (TPSA) is 131 Å². The normalized spacial score (nSPS) is 12.4. The van der Waals surface area contributed by atoms with Crippen LogP contribution < -0.4 is 15.4 Å². The molecule has 9 nitrogen and oxygen atoms in total. The third-order valence-electron chi connectivity index (χ3n) is 2.93. The van der Waals surface area contributed by atoms with Crippen molar-refractivity contribution in [2.24, 2.45) is 0 Å². The van der Waals surface area contributed by atoms with Crippen molar-refractivity contribution in [3.8, 4) is 0 Å². The number of esters is 1. The molecule has 0 saturated heterocycles. The quantitative estimate of drug-likeness (QED) is 0.561. The van der Waals surface area contributed by atoms with Crippen molar-refractivity contribution < 1.29 is 36.3 Å². The highest BCUT2D eigenvalue weighted by Crippen LogP contribution is 2.17. The van der Waals surface area contributed by atoms with Crippen LogP contribution in [0.1, 0.15) is 20.8 Å². The number of nitrogens with one attached hydrogen (secondary N) is 3. The van der Waals surface area contributed by atoms with Gasteiger partial charge in [0, 0.05) is 6.04 Å². The molecule has 1 rings (SSSR count). The lowest BCUT2D eigenvalue weighted by atomic mass is 10.3. The zero-order chi connectivity index (χ0) is 20.8. The Balaban J connectivity index is 2.62. The lowest BCUT2D eigenvalue weighted by Crippen LogP contribution is -2.47. The van der Waals surface area contributed by atoms with Crippen LogP contribution in [-0.4, -0.2) is 45.0 Å². The lowest BCUT2D eigenvalue weighted by Gasteiger charge is -2.14. The summed E-state index contributed by atoms with van der Waals surface area (Å²) in [6, 6.07) is 1.43. The Morgan fingerprint density at radius 2 is 1.67 bits per heavy atom. The highest BCUT2D eigenvalue weighted by molar-refractivity contribution is 7.89. The fraction of sp³-hybridized carbons (Fsp3) is 0.400. The van der Waals surface area contributed by atoms with E-state index in [-0.39, 0.29) is 6.04 Å². The summed E-state index contributed by atoms with van der Waals surface area (Å²) in [4.78, 5) is 33.5. The summed E-state index contributed by atoms with van der Waals surface area (Å²) in [7, 11) is -4.67. The van der Waals surface area contributed by atoms with E-state index in [1.807, 2.05) is 5.32 Å². The van der Waals surface area contributed by atoms with Crippen molar-refractivity contribution >= 4 is 27.9 Å². The van der Waals surface area contributed by atoms with Gasteiger partial charge in [-0.1, -0.05) is 6.07 Å². The number of carbonyl (C=O) groups excluding carboxylic acids is 3. The van der Waals surface area contributed by atoms with Crippen LogP contribution in [0.2, 0.25) is 0 Å². The number of halogens is 2. The van der Waals surface area contributed by atoms with Crippen LogP contribution in [-0.2, 0) is 24.3 Å². The molecule has 0 spiro atoms. The van der Waals surface area contributed by atoms with E-state index in [2.05, 4.69) is 10.1 Å². The summed E-state index contributed by atoms with van der Waals surface area (Å²) in [6.45, 7) is 3.50. The first-order chi connectivity index (χ1) is 12.4. The molecule has 0 aliphatic rings. The molecule has 1 aromatic carbocycles. The molecule has 1 aromatic rings. The zero-order valence-corrected chi connectivity index (χ0v) is 15.5. The highest BCUT2D eigenvalue weighted by atomic mass is 32.2. The summed E-state index contributed by atoms with van der Waals surface area (Å²) in [5.74, 6) is -4.80. The fourth-order valence-electron chi connectivity index (χ4n) is 1.77. The van der Waals surface area contributed by atoms with E-state index >= 15 is 0 Å². The van der Waals surface area contributed by atoms with Gasteiger partial charge in [0.05, 0.1) is 0 Å². The summed E-state index contributed by atoms with van der Waals surface area (Å²) in [5.41, 5.74) is 0. The Kier molecular flexibility index (Phi) is 7.79. The maximum absolute atomic E-state index is 13.5. The third-order valence-corrected chi connectivity index (χ3v) is 4.38. The lowest BCUT2D eigenvalue weighted by molar-refractivity contribution is -0.153. The van der Waals surface area contributed by atoms with Crippen molar-refractivity contribution in [1.82, 2.24) is 15.4 Å². The molecule has 3 N–H and O–H groups in total. The van der Waals surface area contributed by atoms with Crippen LogP contribution in [0, 0.1) is 11.6 Å². The molecular weight excluding hydrogens is 388 g/mol. The molecule has 1 atom stereocenters. The number of carbonyl (C=O) groups is 3. The second-order valence-electron chi connectivity index (χ2n) is 5.62. The van der Waals surface area contributed by atoms with Crippen LogP contribution in [0.4, 0.5) is 13.6 Å². The molecule has 3 amide bonds. The van der Waals surface area contributed by atoms with E-state index in [0.29, 0.717) is 0 Å². The average Bonchev–Trinajstić information content (AvgIpc) is 2.51. The maximum atomic E-state index is 13.5. The predicted molar refractivity (Wildman–Crippen MR) is 88.9 cm³/mol. The minimum absolute atomic E-state index is 0.233. The van der Waals surface area contributed by atoms with Crippen LogP contribution in [0.3, 0.4) is 0 Å². The number of amides is 3. The molecule has 0 radical (unpaired) electrons. The summed E-state index contributed by atoms with van der Waals surface area (Å²) in [6.07, 6.45) is -1.41. The number of ether oxygens (including phenoxy) is 1. The smallest absolute Gasteiger partial charge is 0.321 e. The summed E-state index contributed by atoms with van der Waals surface area (Å²) >= 11 is 0. The van der Waals surface area contributed by atoms with Gasteiger partial charge in [0.2, 0.25) is 10.0 Å². The second kappa shape index (κ2) is 9.37. The Labute approximate surface area is 154 Å². The van der Waals surface area contributed by atoms with Gasteiger partial charge >= 0.3 is 12.0 Å². The number of imide groups is 1.